The average Bonchev–Trinajstić information content (AvgIpc) is 3.11. The fraction of sp³-hybridized carbons (Fsp3) is 0.200. The van der Waals surface area contributed by atoms with E-state index in [0.29, 0.717) is 17.2 Å². The van der Waals surface area contributed by atoms with Crippen molar-refractivity contribution in [2.75, 3.05) is 5.32 Å². The van der Waals surface area contributed by atoms with Crippen molar-refractivity contribution in [2.24, 2.45) is 5.92 Å². The number of aromatic nitrogens is 4. The van der Waals surface area contributed by atoms with Gasteiger partial charge in [0.05, 0.1) is 11.9 Å². The SMILES string of the molecule is O=C(O)c1nc(-c2ccc3nc(NC(=O)C4CC4)cn3c2)c[nH]1. The Labute approximate surface area is 130 Å². The van der Waals surface area contributed by atoms with Gasteiger partial charge in [-0.3, -0.25) is 4.79 Å². The molecule has 0 bridgehead atoms. The first-order chi connectivity index (χ1) is 11.1. The van der Waals surface area contributed by atoms with Crippen molar-refractivity contribution in [1.82, 2.24) is 19.4 Å². The lowest BCUT2D eigenvalue weighted by molar-refractivity contribution is -0.117. The van der Waals surface area contributed by atoms with E-state index in [0.717, 1.165) is 18.4 Å². The summed E-state index contributed by atoms with van der Waals surface area (Å²) in [5.41, 5.74) is 1.97. The molecule has 3 aromatic rings. The van der Waals surface area contributed by atoms with Crippen LogP contribution < -0.4 is 5.32 Å². The number of imidazole rings is 2. The third-order valence-electron chi connectivity index (χ3n) is 3.73. The summed E-state index contributed by atoms with van der Waals surface area (Å²) in [5.74, 6) is -0.582. The van der Waals surface area contributed by atoms with Gasteiger partial charge in [0.15, 0.2) is 5.82 Å². The van der Waals surface area contributed by atoms with Gasteiger partial charge < -0.3 is 19.8 Å². The highest BCUT2D eigenvalue weighted by Crippen LogP contribution is 2.30. The summed E-state index contributed by atoms with van der Waals surface area (Å²) < 4.78 is 1.77. The number of H-pyrrole nitrogens is 1. The second-order valence-corrected chi connectivity index (χ2v) is 5.51. The minimum atomic E-state index is -1.11. The number of hydrogen-bond acceptors (Lipinski definition) is 4. The molecule has 0 aliphatic heterocycles. The zero-order chi connectivity index (χ0) is 16.0. The second-order valence-electron chi connectivity index (χ2n) is 5.51. The highest BCUT2D eigenvalue weighted by atomic mass is 16.4. The highest BCUT2D eigenvalue weighted by molar-refractivity contribution is 5.93. The molecule has 1 fully saturated rings. The van der Waals surface area contributed by atoms with Crippen LogP contribution in [-0.2, 0) is 4.79 Å². The lowest BCUT2D eigenvalue weighted by Crippen LogP contribution is -2.13. The maximum atomic E-state index is 11.8. The second kappa shape index (κ2) is 4.94. The Morgan fingerprint density at radius 2 is 2.09 bits per heavy atom. The van der Waals surface area contributed by atoms with Crippen LogP contribution in [0.4, 0.5) is 5.82 Å². The summed E-state index contributed by atoms with van der Waals surface area (Å²) in [7, 11) is 0. The van der Waals surface area contributed by atoms with E-state index < -0.39 is 5.97 Å². The lowest BCUT2D eigenvalue weighted by Gasteiger charge is -1.98. The minimum Gasteiger partial charge on any atom is -0.475 e. The van der Waals surface area contributed by atoms with Crippen LogP contribution in [-0.4, -0.2) is 36.3 Å². The highest BCUT2D eigenvalue weighted by Gasteiger charge is 2.30. The summed E-state index contributed by atoms with van der Waals surface area (Å²) in [6.07, 6.45) is 6.93. The zero-order valence-electron chi connectivity index (χ0n) is 12.0. The quantitative estimate of drug-likeness (QED) is 0.679. The van der Waals surface area contributed by atoms with Crippen LogP contribution in [0.5, 0.6) is 0 Å². The van der Waals surface area contributed by atoms with Crippen molar-refractivity contribution in [1.29, 1.82) is 0 Å². The Morgan fingerprint density at radius 3 is 2.78 bits per heavy atom. The summed E-state index contributed by atoms with van der Waals surface area (Å²) >= 11 is 0. The smallest absolute Gasteiger partial charge is 0.371 e. The predicted molar refractivity (Wildman–Crippen MR) is 81.1 cm³/mol. The van der Waals surface area contributed by atoms with Gasteiger partial charge in [0, 0.05) is 23.9 Å². The van der Waals surface area contributed by atoms with Crippen molar-refractivity contribution in [3.8, 4) is 11.3 Å². The maximum absolute atomic E-state index is 11.8. The predicted octanol–water partition coefficient (Wildman–Crippen LogP) is 1.77. The van der Waals surface area contributed by atoms with Crippen molar-refractivity contribution in [2.45, 2.75) is 12.8 Å². The van der Waals surface area contributed by atoms with Gasteiger partial charge in [-0.05, 0) is 25.0 Å². The number of nitrogens with zero attached hydrogens (tertiary/aromatic N) is 3. The molecule has 0 spiro atoms. The van der Waals surface area contributed by atoms with Crippen molar-refractivity contribution < 1.29 is 14.7 Å². The van der Waals surface area contributed by atoms with Gasteiger partial charge in [-0.2, -0.15) is 0 Å². The summed E-state index contributed by atoms with van der Waals surface area (Å²) in [5, 5.41) is 11.7. The van der Waals surface area contributed by atoms with Gasteiger partial charge in [-0.15, -0.1) is 0 Å². The van der Waals surface area contributed by atoms with E-state index in [2.05, 4.69) is 20.3 Å². The molecule has 8 nitrogen and oxygen atoms in total. The molecule has 1 amide bonds. The molecule has 1 aliphatic carbocycles. The number of rotatable bonds is 4. The van der Waals surface area contributed by atoms with Gasteiger partial charge in [0.25, 0.3) is 0 Å². The van der Waals surface area contributed by atoms with E-state index in [1.807, 2.05) is 0 Å². The Morgan fingerprint density at radius 1 is 1.26 bits per heavy atom. The molecule has 8 heteroatoms. The molecule has 3 heterocycles. The van der Waals surface area contributed by atoms with Crippen LogP contribution in [0.1, 0.15) is 23.5 Å². The molecule has 0 aromatic carbocycles. The van der Waals surface area contributed by atoms with Crippen molar-refractivity contribution in [3.05, 3.63) is 36.5 Å². The first kappa shape index (κ1) is 13.5. The van der Waals surface area contributed by atoms with Gasteiger partial charge >= 0.3 is 5.97 Å². The van der Waals surface area contributed by atoms with E-state index >= 15 is 0 Å². The van der Waals surface area contributed by atoms with Gasteiger partial charge in [-0.25, -0.2) is 14.8 Å². The normalized spacial score (nSPS) is 14.1. The van der Waals surface area contributed by atoms with Gasteiger partial charge in [-0.1, -0.05) is 0 Å². The van der Waals surface area contributed by atoms with Crippen LogP contribution in [0.15, 0.2) is 30.7 Å². The number of aromatic carboxylic acids is 1. The maximum Gasteiger partial charge on any atom is 0.371 e. The molecule has 4 rings (SSSR count). The molecular weight excluding hydrogens is 298 g/mol. The van der Waals surface area contributed by atoms with Crippen LogP contribution >= 0.6 is 0 Å². The molecule has 23 heavy (non-hydrogen) atoms. The number of carbonyl (C=O) groups excluding carboxylic acids is 1. The number of aromatic amines is 1. The number of amides is 1. The molecule has 0 atom stereocenters. The average molecular weight is 311 g/mol. The van der Waals surface area contributed by atoms with Crippen molar-refractivity contribution in [3.63, 3.8) is 0 Å². The van der Waals surface area contributed by atoms with Gasteiger partial charge in [0.2, 0.25) is 11.7 Å². The van der Waals surface area contributed by atoms with Gasteiger partial charge in [0.1, 0.15) is 5.65 Å². The third kappa shape index (κ3) is 2.54. The first-order valence-corrected chi connectivity index (χ1v) is 7.19. The Kier molecular flexibility index (Phi) is 2.90. The first-order valence-electron chi connectivity index (χ1n) is 7.19. The molecular formula is C15H13N5O3. The lowest BCUT2D eigenvalue weighted by atomic mass is 10.2. The Balaban J connectivity index is 1.64. The largest absolute Gasteiger partial charge is 0.475 e. The molecule has 1 aliphatic rings. The number of fused-ring (bicyclic) bond motifs is 1. The molecule has 0 radical (unpaired) electrons. The van der Waals surface area contributed by atoms with E-state index in [-0.39, 0.29) is 17.6 Å². The number of carboxylic acid groups (broad SMARTS) is 1. The third-order valence-corrected chi connectivity index (χ3v) is 3.73. The van der Waals surface area contributed by atoms with E-state index in [9.17, 15) is 9.59 Å². The molecule has 3 aromatic heterocycles. The molecule has 0 saturated heterocycles. The van der Waals surface area contributed by atoms with Crippen molar-refractivity contribution >= 4 is 23.3 Å². The summed E-state index contributed by atoms with van der Waals surface area (Å²) in [6, 6.07) is 3.59. The van der Waals surface area contributed by atoms with Crippen LogP contribution in [0.3, 0.4) is 0 Å². The zero-order valence-corrected chi connectivity index (χ0v) is 12.0. The monoisotopic (exact) mass is 311 g/mol. The summed E-state index contributed by atoms with van der Waals surface area (Å²) in [6.45, 7) is 0. The number of nitrogens with one attached hydrogen (secondary N) is 2. The number of carbonyl (C=O) groups is 2. The fourth-order valence-corrected chi connectivity index (χ4v) is 2.36. The van der Waals surface area contributed by atoms with Crippen LogP contribution in [0.25, 0.3) is 16.9 Å². The number of pyridine rings is 1. The molecule has 0 unspecified atom stereocenters. The van der Waals surface area contributed by atoms with E-state index in [1.54, 1.807) is 28.9 Å². The molecule has 116 valence electrons. The number of hydrogen-bond donors (Lipinski definition) is 3. The molecule has 3 N–H and O–H groups in total. The topological polar surface area (TPSA) is 112 Å². The molecule has 1 saturated carbocycles. The van der Waals surface area contributed by atoms with Crippen LogP contribution in [0.2, 0.25) is 0 Å². The fourth-order valence-electron chi connectivity index (χ4n) is 2.36. The van der Waals surface area contributed by atoms with E-state index in [1.165, 1.54) is 6.20 Å². The van der Waals surface area contributed by atoms with Crippen LogP contribution in [0, 0.1) is 5.92 Å². The standard InChI is InChI=1S/C15H13N5O3/c21-14(8-1-2-8)19-11-7-20-6-9(3-4-12(20)18-11)10-5-16-13(17-10)15(22)23/h3-8H,1-2H2,(H,16,17)(H,19,21)(H,22,23). The number of anilines is 1. The Bertz CT molecular complexity index is 922. The number of carboxylic acids is 1. The Hall–Kier alpha value is -3.16. The summed E-state index contributed by atoms with van der Waals surface area (Å²) in [4.78, 5) is 33.6. The minimum absolute atomic E-state index is 0.00651. The van der Waals surface area contributed by atoms with E-state index in [4.69, 9.17) is 5.11 Å².